The predicted molar refractivity (Wildman–Crippen MR) is 136 cm³/mol. The zero-order chi connectivity index (χ0) is 29.1. The van der Waals surface area contributed by atoms with E-state index in [0.717, 1.165) is 0 Å². The van der Waals surface area contributed by atoms with Crippen LogP contribution in [0.4, 0.5) is 0 Å². The highest BCUT2D eigenvalue weighted by atomic mass is 16.4. The monoisotopic (exact) mass is 545 g/mol. The van der Waals surface area contributed by atoms with E-state index in [1.165, 1.54) is 48.5 Å². The van der Waals surface area contributed by atoms with Gasteiger partial charge in [0, 0.05) is 12.8 Å². The summed E-state index contributed by atoms with van der Waals surface area (Å²) in [5.74, 6) is -5.21. The number of aromatic hydroxyl groups is 2. The summed E-state index contributed by atoms with van der Waals surface area (Å²) < 4.78 is 0. The molecule has 2 rings (SSSR count). The van der Waals surface area contributed by atoms with E-state index in [1.807, 2.05) is 0 Å². The average molecular weight is 546 g/mol. The summed E-state index contributed by atoms with van der Waals surface area (Å²) in [6, 6.07) is 5.75. The van der Waals surface area contributed by atoms with Crippen LogP contribution < -0.4 is 27.4 Å². The van der Waals surface area contributed by atoms with Crippen molar-refractivity contribution in [2.24, 2.45) is 11.5 Å². The summed E-state index contributed by atoms with van der Waals surface area (Å²) in [6.07, 6.45) is -0.945. The summed E-state index contributed by atoms with van der Waals surface area (Å²) in [5.41, 5.74) is 11.6. The predicted octanol–water partition coefficient (Wildman–Crippen LogP) is -2.38. The van der Waals surface area contributed by atoms with Gasteiger partial charge in [0.1, 0.15) is 35.7 Å². The fourth-order valence-electron chi connectivity index (χ4n) is 3.46. The minimum absolute atomic E-state index is 0.0272. The van der Waals surface area contributed by atoms with Crippen molar-refractivity contribution < 1.29 is 44.4 Å². The Morgan fingerprint density at radius 3 is 1.44 bits per heavy atom. The smallest absolute Gasteiger partial charge is 0.326 e. The second kappa shape index (κ2) is 14.3. The fraction of sp³-hybridized carbons (Fsp3) is 0.320. The van der Waals surface area contributed by atoms with Gasteiger partial charge in [0.05, 0.1) is 13.0 Å². The molecule has 0 fully saturated rings. The molecule has 0 aromatic heterocycles. The maximum Gasteiger partial charge on any atom is 0.326 e. The second-order valence-electron chi connectivity index (χ2n) is 8.72. The number of primary amides is 1. The molecule has 0 heterocycles. The number of phenols is 2. The van der Waals surface area contributed by atoms with Crippen molar-refractivity contribution in [3.8, 4) is 11.5 Å². The van der Waals surface area contributed by atoms with Crippen molar-refractivity contribution in [1.29, 1.82) is 0 Å². The number of nitrogens with two attached hydrogens (primary N) is 2. The van der Waals surface area contributed by atoms with E-state index in [4.69, 9.17) is 11.5 Å². The van der Waals surface area contributed by atoms with Gasteiger partial charge in [-0.1, -0.05) is 24.3 Å². The Bertz CT molecular complexity index is 1170. The van der Waals surface area contributed by atoms with Crippen LogP contribution in [0.3, 0.4) is 0 Å². The van der Waals surface area contributed by atoms with E-state index in [0.29, 0.717) is 11.1 Å². The molecule has 39 heavy (non-hydrogen) atoms. The van der Waals surface area contributed by atoms with Crippen molar-refractivity contribution in [1.82, 2.24) is 16.0 Å². The topological polar surface area (TPSA) is 254 Å². The van der Waals surface area contributed by atoms with Gasteiger partial charge in [0.2, 0.25) is 23.6 Å². The van der Waals surface area contributed by atoms with E-state index in [2.05, 4.69) is 16.0 Å². The molecule has 0 radical (unpaired) electrons. The highest BCUT2D eigenvalue weighted by molar-refractivity contribution is 5.95. The minimum atomic E-state index is -1.66. The largest absolute Gasteiger partial charge is 0.508 e. The van der Waals surface area contributed by atoms with Crippen LogP contribution in [0, 0.1) is 0 Å². The third-order valence-electron chi connectivity index (χ3n) is 5.57. The lowest BCUT2D eigenvalue weighted by Gasteiger charge is -2.25. The van der Waals surface area contributed by atoms with Gasteiger partial charge >= 0.3 is 5.97 Å². The third-order valence-corrected chi connectivity index (χ3v) is 5.57. The van der Waals surface area contributed by atoms with Crippen LogP contribution in [0.15, 0.2) is 48.5 Å². The Hall–Kier alpha value is -4.69. The maximum atomic E-state index is 13.3. The lowest BCUT2D eigenvalue weighted by atomic mass is 10.0. The molecule has 0 saturated heterocycles. The molecule has 4 amide bonds. The van der Waals surface area contributed by atoms with Gasteiger partial charge < -0.3 is 47.8 Å². The first-order valence-corrected chi connectivity index (χ1v) is 11.7. The molecule has 0 aliphatic carbocycles. The molecular formula is C25H31N5O9. The number of amides is 4. The number of aliphatic hydroxyl groups is 1. The first kappa shape index (κ1) is 30.5. The first-order chi connectivity index (χ1) is 18.4. The molecule has 2 aromatic rings. The van der Waals surface area contributed by atoms with E-state index < -0.39 is 66.8 Å². The zero-order valence-electron chi connectivity index (χ0n) is 20.7. The van der Waals surface area contributed by atoms with Crippen LogP contribution in [-0.2, 0) is 36.8 Å². The SMILES string of the molecule is NC(=O)CC(NC(=O)C(Cc1ccc(O)cc1)NC(=O)C(Cc1ccc(O)cc1)NC(=O)C(N)CO)C(=O)O. The number of nitrogens with one attached hydrogen (secondary N) is 3. The minimum Gasteiger partial charge on any atom is -0.508 e. The van der Waals surface area contributed by atoms with Gasteiger partial charge in [0.15, 0.2) is 0 Å². The van der Waals surface area contributed by atoms with Crippen molar-refractivity contribution in [3.05, 3.63) is 59.7 Å². The molecule has 4 atom stereocenters. The lowest BCUT2D eigenvalue weighted by molar-refractivity contribution is -0.143. The van der Waals surface area contributed by atoms with E-state index in [9.17, 15) is 44.4 Å². The number of carbonyl (C=O) groups excluding carboxylic acids is 4. The Labute approximate surface area is 223 Å². The molecule has 14 heteroatoms. The van der Waals surface area contributed by atoms with Crippen LogP contribution >= 0.6 is 0 Å². The number of hydrogen-bond donors (Lipinski definition) is 9. The first-order valence-electron chi connectivity index (χ1n) is 11.7. The maximum absolute atomic E-state index is 13.3. The van der Waals surface area contributed by atoms with Crippen LogP contribution in [-0.4, -0.2) is 80.8 Å². The van der Waals surface area contributed by atoms with Gasteiger partial charge in [-0.15, -0.1) is 0 Å². The number of phenolic OH excluding ortho intramolecular Hbond substituents is 2. The van der Waals surface area contributed by atoms with Crippen molar-refractivity contribution in [2.45, 2.75) is 43.4 Å². The molecule has 0 aliphatic heterocycles. The quantitative estimate of drug-likeness (QED) is 0.122. The normalized spacial score (nSPS) is 13.8. The number of carboxylic acid groups (broad SMARTS) is 1. The van der Waals surface area contributed by atoms with Crippen LogP contribution in [0.1, 0.15) is 17.5 Å². The standard InChI is InChI=1S/C25H31N5O9/c26-17(12-31)22(35)28-18(9-13-1-5-15(32)6-2-13)23(36)29-19(10-14-3-7-16(33)8-4-14)24(37)30-20(25(38)39)11-21(27)34/h1-8,17-20,31-33H,9-12,26H2,(H2,27,34)(H,28,35)(H,29,36)(H,30,37)(H,38,39). The Morgan fingerprint density at radius 2 is 1.08 bits per heavy atom. The Balaban J connectivity index is 2.34. The van der Waals surface area contributed by atoms with Gasteiger partial charge in [0.25, 0.3) is 0 Å². The summed E-state index contributed by atoms with van der Waals surface area (Å²) in [4.78, 5) is 61.6. The van der Waals surface area contributed by atoms with Crippen molar-refractivity contribution in [2.75, 3.05) is 6.61 Å². The van der Waals surface area contributed by atoms with Gasteiger partial charge in [-0.3, -0.25) is 19.2 Å². The number of rotatable bonds is 14. The molecule has 0 spiro atoms. The number of hydrogen-bond acceptors (Lipinski definition) is 9. The number of carboxylic acids is 1. The molecule has 14 nitrogen and oxygen atoms in total. The molecular weight excluding hydrogens is 514 g/mol. The highest BCUT2D eigenvalue weighted by Gasteiger charge is 2.31. The van der Waals surface area contributed by atoms with Crippen molar-refractivity contribution in [3.63, 3.8) is 0 Å². The van der Waals surface area contributed by atoms with Crippen molar-refractivity contribution >= 4 is 29.6 Å². The molecule has 0 saturated carbocycles. The number of benzene rings is 2. The van der Waals surface area contributed by atoms with E-state index >= 15 is 0 Å². The number of carbonyl (C=O) groups is 5. The summed E-state index contributed by atoms with van der Waals surface area (Å²) in [7, 11) is 0. The second-order valence-corrected chi connectivity index (χ2v) is 8.72. The summed E-state index contributed by atoms with van der Waals surface area (Å²) in [5, 5.41) is 44.7. The third kappa shape index (κ3) is 9.94. The van der Waals surface area contributed by atoms with Gasteiger partial charge in [-0.05, 0) is 35.4 Å². The molecule has 0 bridgehead atoms. The van der Waals surface area contributed by atoms with E-state index in [-0.39, 0.29) is 24.3 Å². The number of aliphatic carboxylic acids is 1. The van der Waals surface area contributed by atoms with Gasteiger partial charge in [-0.2, -0.15) is 0 Å². The zero-order valence-corrected chi connectivity index (χ0v) is 20.7. The van der Waals surface area contributed by atoms with Crippen LogP contribution in [0.25, 0.3) is 0 Å². The average Bonchev–Trinajstić information content (AvgIpc) is 2.88. The number of aliphatic hydroxyl groups excluding tert-OH is 1. The lowest BCUT2D eigenvalue weighted by Crippen LogP contribution is -2.58. The molecule has 210 valence electrons. The summed E-state index contributed by atoms with van der Waals surface area (Å²) >= 11 is 0. The highest BCUT2D eigenvalue weighted by Crippen LogP contribution is 2.14. The van der Waals surface area contributed by atoms with Gasteiger partial charge in [-0.25, -0.2) is 4.79 Å². The molecule has 2 aromatic carbocycles. The van der Waals surface area contributed by atoms with Crippen LogP contribution in [0.2, 0.25) is 0 Å². The summed E-state index contributed by atoms with van der Waals surface area (Å²) in [6.45, 7) is -0.693. The molecule has 4 unspecified atom stereocenters. The Morgan fingerprint density at radius 1 is 0.692 bits per heavy atom. The van der Waals surface area contributed by atoms with E-state index in [1.54, 1.807) is 0 Å². The molecule has 0 aliphatic rings. The van der Waals surface area contributed by atoms with Crippen LogP contribution in [0.5, 0.6) is 11.5 Å². The Kier molecular flexibility index (Phi) is 11.2. The molecule has 11 N–H and O–H groups in total. The fourth-order valence-corrected chi connectivity index (χ4v) is 3.46.